The van der Waals surface area contributed by atoms with Crippen LogP contribution in [0, 0.1) is 0 Å². The lowest BCUT2D eigenvalue weighted by molar-refractivity contribution is 0.124. The molecule has 0 aliphatic carbocycles. The average Bonchev–Trinajstić information content (AvgIpc) is 1.59. The van der Waals surface area contributed by atoms with Gasteiger partial charge >= 0.3 is 0 Å². The topological polar surface area (TPSA) is 9.23 Å². The molecule has 0 aliphatic heterocycles. The zero-order chi connectivity index (χ0) is 8.20. The Morgan fingerprint density at radius 2 is 2.00 bits per heavy atom. The summed E-state index contributed by atoms with van der Waals surface area (Å²) in [7, 11) is 0. The van der Waals surface area contributed by atoms with Crippen molar-refractivity contribution in [3.8, 4) is 0 Å². The van der Waals surface area contributed by atoms with E-state index >= 15 is 0 Å². The van der Waals surface area contributed by atoms with Crippen LogP contribution in [0.15, 0.2) is 0 Å². The molecule has 0 aliphatic rings. The number of hydrogen-bond acceptors (Lipinski definition) is 3. The fourth-order valence-electron chi connectivity index (χ4n) is 0.479. The third kappa shape index (κ3) is 8.66. The highest BCUT2D eigenvalue weighted by Gasteiger charge is 2.11. The summed E-state index contributed by atoms with van der Waals surface area (Å²) in [6.45, 7) is 7.45. The second kappa shape index (κ2) is 4.52. The predicted octanol–water partition coefficient (Wildman–Crippen LogP) is 2.03. The number of rotatable bonds is 4. The van der Waals surface area contributed by atoms with Crippen molar-refractivity contribution in [1.82, 2.24) is 0 Å². The molecule has 0 saturated heterocycles. The Hall–Kier alpha value is 0.660. The summed E-state index contributed by atoms with van der Waals surface area (Å²) < 4.78 is 5.28. The molecule has 62 valence electrons. The summed E-state index contributed by atoms with van der Waals surface area (Å²) in [6, 6.07) is 0. The molecular formula is C7H16OS2. The Labute approximate surface area is 74.4 Å². The van der Waals surface area contributed by atoms with Crippen molar-refractivity contribution in [1.29, 1.82) is 0 Å². The van der Waals surface area contributed by atoms with Gasteiger partial charge in [0, 0.05) is 10.00 Å². The summed E-state index contributed by atoms with van der Waals surface area (Å²) in [5.41, 5.74) is 0. The van der Waals surface area contributed by atoms with E-state index in [9.17, 15) is 0 Å². The molecule has 1 nitrogen and oxygen atoms in total. The van der Waals surface area contributed by atoms with Crippen LogP contribution in [0.3, 0.4) is 0 Å². The molecule has 0 radical (unpaired) electrons. The van der Waals surface area contributed by atoms with Crippen molar-refractivity contribution in [3.05, 3.63) is 0 Å². The van der Waals surface area contributed by atoms with Crippen LogP contribution in [0.4, 0.5) is 0 Å². The second-order valence-electron chi connectivity index (χ2n) is 3.18. The minimum absolute atomic E-state index is 0.0251. The minimum atomic E-state index is -0.0251. The van der Waals surface area contributed by atoms with Gasteiger partial charge in [-0.3, -0.25) is 0 Å². The number of hydrogen-bond donors (Lipinski definition) is 2. The lowest BCUT2D eigenvalue weighted by Crippen LogP contribution is -2.21. The third-order valence-corrected chi connectivity index (χ3v) is 1.09. The van der Waals surface area contributed by atoms with Gasteiger partial charge in [0.05, 0.1) is 13.2 Å². The predicted molar refractivity (Wildman–Crippen MR) is 52.3 cm³/mol. The van der Waals surface area contributed by atoms with Gasteiger partial charge in [0.25, 0.3) is 0 Å². The van der Waals surface area contributed by atoms with Gasteiger partial charge in [0.15, 0.2) is 0 Å². The average molecular weight is 180 g/mol. The molecule has 0 aromatic heterocycles. The van der Waals surface area contributed by atoms with E-state index < -0.39 is 0 Å². The van der Waals surface area contributed by atoms with Crippen LogP contribution in [0.1, 0.15) is 20.8 Å². The number of thiol groups is 2. The first-order valence-corrected chi connectivity index (χ1v) is 4.36. The minimum Gasteiger partial charge on any atom is -0.379 e. The van der Waals surface area contributed by atoms with E-state index in [1.54, 1.807) is 0 Å². The first-order valence-electron chi connectivity index (χ1n) is 3.40. The van der Waals surface area contributed by atoms with Gasteiger partial charge in [-0.15, -0.1) is 0 Å². The van der Waals surface area contributed by atoms with Gasteiger partial charge in [-0.25, -0.2) is 0 Å². The van der Waals surface area contributed by atoms with Gasteiger partial charge < -0.3 is 4.74 Å². The molecule has 0 aromatic rings. The maximum absolute atomic E-state index is 5.31. The highest BCUT2D eigenvalue weighted by atomic mass is 32.1. The highest BCUT2D eigenvalue weighted by molar-refractivity contribution is 7.81. The second-order valence-corrected chi connectivity index (χ2v) is 5.27. The molecule has 0 bridgehead atoms. The summed E-state index contributed by atoms with van der Waals surface area (Å²) in [5.74, 6) is 0. The lowest BCUT2D eigenvalue weighted by atomic mass is 10.2. The van der Waals surface area contributed by atoms with Gasteiger partial charge in [0.1, 0.15) is 0 Å². The molecule has 0 spiro atoms. The van der Waals surface area contributed by atoms with E-state index in [-0.39, 0.29) is 4.75 Å². The van der Waals surface area contributed by atoms with Crippen molar-refractivity contribution in [2.24, 2.45) is 0 Å². The zero-order valence-corrected chi connectivity index (χ0v) is 8.58. The van der Waals surface area contributed by atoms with Gasteiger partial charge in [-0.1, -0.05) is 6.92 Å². The van der Waals surface area contributed by atoms with E-state index in [4.69, 9.17) is 4.74 Å². The zero-order valence-electron chi connectivity index (χ0n) is 6.79. The summed E-state index contributed by atoms with van der Waals surface area (Å²) in [6.07, 6.45) is 0. The Morgan fingerprint density at radius 3 is 2.30 bits per heavy atom. The molecule has 0 heterocycles. The van der Waals surface area contributed by atoms with Crippen LogP contribution in [-0.2, 0) is 4.74 Å². The van der Waals surface area contributed by atoms with E-state index in [0.717, 1.165) is 0 Å². The van der Waals surface area contributed by atoms with Crippen LogP contribution < -0.4 is 0 Å². The molecule has 0 fully saturated rings. The van der Waals surface area contributed by atoms with Crippen LogP contribution in [0.25, 0.3) is 0 Å². The van der Waals surface area contributed by atoms with Crippen LogP contribution in [-0.4, -0.2) is 23.2 Å². The van der Waals surface area contributed by atoms with Gasteiger partial charge in [0.2, 0.25) is 0 Å². The third-order valence-electron chi connectivity index (χ3n) is 0.814. The first kappa shape index (κ1) is 10.7. The van der Waals surface area contributed by atoms with Crippen molar-refractivity contribution >= 4 is 25.3 Å². The Kier molecular flexibility index (Phi) is 4.82. The molecule has 0 aromatic carbocycles. The molecule has 0 amide bonds. The summed E-state index contributed by atoms with van der Waals surface area (Å²) >= 11 is 8.48. The molecule has 3 heteroatoms. The van der Waals surface area contributed by atoms with Gasteiger partial charge in [-0.05, 0) is 13.8 Å². The monoisotopic (exact) mass is 180 g/mol. The number of ether oxygens (including phenoxy) is 1. The van der Waals surface area contributed by atoms with Crippen LogP contribution >= 0.6 is 25.3 Å². The lowest BCUT2D eigenvalue weighted by Gasteiger charge is -2.17. The highest BCUT2D eigenvalue weighted by Crippen LogP contribution is 2.11. The summed E-state index contributed by atoms with van der Waals surface area (Å²) in [5, 5.41) is 0.315. The normalized spacial score (nSPS) is 15.3. The van der Waals surface area contributed by atoms with Crippen LogP contribution in [0.2, 0.25) is 0 Å². The molecule has 10 heavy (non-hydrogen) atoms. The molecule has 0 N–H and O–H groups in total. The maximum atomic E-state index is 5.31. The fourth-order valence-corrected chi connectivity index (χ4v) is 0.676. The van der Waals surface area contributed by atoms with E-state index in [1.165, 1.54) is 0 Å². The molecule has 0 rings (SSSR count). The van der Waals surface area contributed by atoms with Crippen molar-refractivity contribution < 1.29 is 4.74 Å². The van der Waals surface area contributed by atoms with Crippen molar-refractivity contribution in [3.63, 3.8) is 0 Å². The van der Waals surface area contributed by atoms with Gasteiger partial charge in [-0.2, -0.15) is 25.3 Å². The fraction of sp³-hybridized carbons (Fsp3) is 1.00. The van der Waals surface area contributed by atoms with E-state index in [1.807, 2.05) is 20.8 Å². The van der Waals surface area contributed by atoms with E-state index in [2.05, 4.69) is 25.3 Å². The van der Waals surface area contributed by atoms with Crippen LogP contribution in [0.5, 0.6) is 0 Å². The quantitative estimate of drug-likeness (QED) is 0.629. The molecule has 1 unspecified atom stereocenters. The molecule has 0 saturated carbocycles. The Bertz CT molecular complexity index is 86.1. The first-order chi connectivity index (χ1) is 4.42. The SMILES string of the molecule is CC(S)COCC(C)(C)S. The Morgan fingerprint density at radius 1 is 1.50 bits per heavy atom. The van der Waals surface area contributed by atoms with Crippen molar-refractivity contribution in [2.75, 3.05) is 13.2 Å². The molecular weight excluding hydrogens is 164 g/mol. The summed E-state index contributed by atoms with van der Waals surface area (Å²) in [4.78, 5) is 0. The van der Waals surface area contributed by atoms with E-state index in [0.29, 0.717) is 18.5 Å². The largest absolute Gasteiger partial charge is 0.379 e. The van der Waals surface area contributed by atoms with Crippen molar-refractivity contribution in [2.45, 2.75) is 30.8 Å². The smallest absolute Gasteiger partial charge is 0.0605 e. The Balaban J connectivity index is 3.21. The standard InChI is InChI=1S/C7H16OS2/c1-6(9)4-8-5-7(2,3)10/h6,9-10H,4-5H2,1-3H3. The maximum Gasteiger partial charge on any atom is 0.0605 e. The molecule has 1 atom stereocenters.